The van der Waals surface area contributed by atoms with Gasteiger partial charge in [0.05, 0.1) is 11.5 Å². The molecule has 15 heavy (non-hydrogen) atoms. The van der Waals surface area contributed by atoms with Crippen LogP contribution in [0.15, 0.2) is 0 Å². The number of aliphatic hydroxyl groups excluding tert-OH is 1. The molecule has 0 aromatic rings. The highest BCUT2D eigenvalue weighted by atomic mass is 16.3. The highest BCUT2D eigenvalue weighted by Crippen LogP contribution is 2.35. The van der Waals surface area contributed by atoms with Gasteiger partial charge in [-0.25, -0.2) is 0 Å². The summed E-state index contributed by atoms with van der Waals surface area (Å²) >= 11 is 0. The van der Waals surface area contributed by atoms with Crippen molar-refractivity contribution < 1.29 is 14.7 Å². The van der Waals surface area contributed by atoms with Gasteiger partial charge >= 0.3 is 0 Å². The Morgan fingerprint density at radius 2 is 2.00 bits per heavy atom. The molecule has 1 heterocycles. The van der Waals surface area contributed by atoms with Crippen LogP contribution in [0, 0.1) is 11.3 Å². The molecule has 0 radical (unpaired) electrons. The van der Waals surface area contributed by atoms with E-state index in [0.717, 1.165) is 12.8 Å². The number of imide groups is 1. The predicted molar refractivity (Wildman–Crippen MR) is 53.8 cm³/mol. The number of likely N-dealkylation sites (tertiary alicyclic amines) is 1. The van der Waals surface area contributed by atoms with Crippen molar-refractivity contribution in [1.82, 2.24) is 4.90 Å². The van der Waals surface area contributed by atoms with Gasteiger partial charge in [0, 0.05) is 13.0 Å². The molecule has 1 N–H and O–H groups in total. The number of aliphatic hydroxyl groups is 1. The molecule has 1 saturated heterocycles. The summed E-state index contributed by atoms with van der Waals surface area (Å²) in [6, 6.07) is 0. The van der Waals surface area contributed by atoms with Crippen molar-refractivity contribution in [3.8, 4) is 0 Å². The quantitative estimate of drug-likeness (QED) is 0.678. The van der Waals surface area contributed by atoms with E-state index < -0.39 is 5.41 Å². The van der Waals surface area contributed by atoms with Gasteiger partial charge in [-0.1, -0.05) is 13.8 Å². The van der Waals surface area contributed by atoms with Gasteiger partial charge in [-0.3, -0.25) is 14.5 Å². The van der Waals surface area contributed by atoms with Gasteiger partial charge < -0.3 is 5.11 Å². The van der Waals surface area contributed by atoms with Gasteiger partial charge in [-0.15, -0.1) is 0 Å². The first-order valence-corrected chi connectivity index (χ1v) is 5.43. The lowest BCUT2D eigenvalue weighted by Crippen LogP contribution is -2.42. The molecule has 1 aliphatic carbocycles. The molecule has 2 fully saturated rings. The second-order valence-electron chi connectivity index (χ2n) is 5.36. The predicted octanol–water partition coefficient (Wildman–Crippen LogP) is 0.542. The number of nitrogens with zero attached hydrogens (tertiary/aromatic N) is 1. The summed E-state index contributed by atoms with van der Waals surface area (Å²) in [7, 11) is 0. The fourth-order valence-corrected chi connectivity index (χ4v) is 2.32. The van der Waals surface area contributed by atoms with E-state index in [-0.39, 0.29) is 17.9 Å². The number of amides is 2. The number of carbonyl (C=O) groups excluding carboxylic acids is 2. The summed E-state index contributed by atoms with van der Waals surface area (Å²) in [5.41, 5.74) is -0.528. The van der Waals surface area contributed by atoms with E-state index in [4.69, 9.17) is 5.11 Å². The fraction of sp³-hybridized carbons (Fsp3) is 0.818. The molecule has 1 aliphatic heterocycles. The number of carbonyl (C=O) groups is 2. The first kappa shape index (κ1) is 10.6. The monoisotopic (exact) mass is 211 g/mol. The SMILES string of the molecule is CC1(C)CC(=O)N(CC2CC(O)C2)C1=O. The van der Waals surface area contributed by atoms with Gasteiger partial charge in [-0.2, -0.15) is 0 Å². The van der Waals surface area contributed by atoms with Crippen LogP contribution in [-0.4, -0.2) is 34.5 Å². The maximum absolute atomic E-state index is 11.8. The molecule has 2 rings (SSSR count). The minimum absolute atomic E-state index is 0.0612. The van der Waals surface area contributed by atoms with Crippen molar-refractivity contribution >= 4 is 11.8 Å². The van der Waals surface area contributed by atoms with E-state index in [0.29, 0.717) is 18.9 Å². The van der Waals surface area contributed by atoms with Crippen LogP contribution in [0.4, 0.5) is 0 Å². The highest BCUT2D eigenvalue weighted by molar-refractivity contribution is 6.05. The molecule has 0 atom stereocenters. The van der Waals surface area contributed by atoms with Crippen LogP contribution >= 0.6 is 0 Å². The Kier molecular flexibility index (Phi) is 2.34. The lowest BCUT2D eigenvalue weighted by molar-refractivity contribution is -0.142. The van der Waals surface area contributed by atoms with Crippen LogP contribution in [-0.2, 0) is 9.59 Å². The first-order valence-electron chi connectivity index (χ1n) is 5.43. The van der Waals surface area contributed by atoms with Crippen molar-refractivity contribution in [2.75, 3.05) is 6.54 Å². The summed E-state index contributed by atoms with van der Waals surface area (Å²) in [6.07, 6.45) is 1.53. The topological polar surface area (TPSA) is 57.6 Å². The average Bonchev–Trinajstić information content (AvgIpc) is 2.24. The molecule has 0 bridgehead atoms. The second kappa shape index (κ2) is 3.30. The summed E-state index contributed by atoms with van der Waals surface area (Å²) in [5.74, 6) is 0.182. The molecule has 0 spiro atoms. The molecule has 2 aliphatic rings. The normalized spacial score (nSPS) is 34.5. The summed E-state index contributed by atoms with van der Waals surface area (Å²) in [4.78, 5) is 24.8. The van der Waals surface area contributed by atoms with Crippen molar-refractivity contribution in [2.45, 2.75) is 39.2 Å². The Morgan fingerprint density at radius 3 is 2.40 bits per heavy atom. The van der Waals surface area contributed by atoms with Crippen LogP contribution in [0.5, 0.6) is 0 Å². The average molecular weight is 211 g/mol. The van der Waals surface area contributed by atoms with Gasteiger partial charge in [0.25, 0.3) is 0 Å². The molecular weight excluding hydrogens is 194 g/mol. The van der Waals surface area contributed by atoms with Gasteiger partial charge in [0.15, 0.2) is 0 Å². The second-order valence-corrected chi connectivity index (χ2v) is 5.36. The molecular formula is C11H17NO3. The third-order valence-corrected chi connectivity index (χ3v) is 3.37. The standard InChI is InChI=1S/C11H17NO3/c1-11(2)5-9(14)12(10(11)15)6-7-3-8(13)4-7/h7-8,13H,3-6H2,1-2H3. The van der Waals surface area contributed by atoms with Crippen LogP contribution in [0.3, 0.4) is 0 Å². The van der Waals surface area contributed by atoms with Crippen LogP contribution in [0.1, 0.15) is 33.1 Å². The Morgan fingerprint density at radius 1 is 1.40 bits per heavy atom. The number of hydrogen-bond donors (Lipinski definition) is 1. The zero-order chi connectivity index (χ0) is 11.2. The van der Waals surface area contributed by atoms with Gasteiger partial charge in [0.2, 0.25) is 11.8 Å². The minimum Gasteiger partial charge on any atom is -0.393 e. The molecule has 4 heteroatoms. The van der Waals surface area contributed by atoms with Crippen molar-refractivity contribution in [3.05, 3.63) is 0 Å². The third-order valence-electron chi connectivity index (χ3n) is 3.37. The number of hydrogen-bond acceptors (Lipinski definition) is 3. The Bertz CT molecular complexity index is 305. The molecule has 0 aromatic heterocycles. The zero-order valence-corrected chi connectivity index (χ0v) is 9.19. The van der Waals surface area contributed by atoms with Crippen molar-refractivity contribution in [2.24, 2.45) is 11.3 Å². The summed E-state index contributed by atoms with van der Waals surface area (Å²) < 4.78 is 0. The Balaban J connectivity index is 1.98. The van der Waals surface area contributed by atoms with Crippen LogP contribution < -0.4 is 0 Å². The van der Waals surface area contributed by atoms with Crippen molar-refractivity contribution in [3.63, 3.8) is 0 Å². The lowest BCUT2D eigenvalue weighted by atomic mass is 9.82. The van der Waals surface area contributed by atoms with E-state index in [1.54, 1.807) is 0 Å². The number of rotatable bonds is 2. The third kappa shape index (κ3) is 1.78. The van der Waals surface area contributed by atoms with Crippen molar-refractivity contribution in [1.29, 1.82) is 0 Å². The summed E-state index contributed by atoms with van der Waals surface area (Å²) in [6.45, 7) is 4.11. The molecule has 0 aromatic carbocycles. The van der Waals surface area contributed by atoms with Crippen LogP contribution in [0.2, 0.25) is 0 Å². The molecule has 84 valence electrons. The van der Waals surface area contributed by atoms with E-state index in [1.807, 2.05) is 13.8 Å². The van der Waals surface area contributed by atoms with E-state index >= 15 is 0 Å². The fourth-order valence-electron chi connectivity index (χ4n) is 2.32. The zero-order valence-electron chi connectivity index (χ0n) is 9.19. The van der Waals surface area contributed by atoms with Gasteiger partial charge in [0.1, 0.15) is 0 Å². The van der Waals surface area contributed by atoms with E-state index in [1.165, 1.54) is 4.90 Å². The molecule has 1 saturated carbocycles. The van der Waals surface area contributed by atoms with Gasteiger partial charge in [-0.05, 0) is 18.8 Å². The Labute approximate surface area is 89.3 Å². The maximum Gasteiger partial charge on any atom is 0.235 e. The smallest absolute Gasteiger partial charge is 0.235 e. The van der Waals surface area contributed by atoms with E-state index in [2.05, 4.69) is 0 Å². The lowest BCUT2D eigenvalue weighted by Gasteiger charge is -2.34. The largest absolute Gasteiger partial charge is 0.393 e. The Hall–Kier alpha value is -0.900. The molecule has 2 amide bonds. The minimum atomic E-state index is -0.528. The van der Waals surface area contributed by atoms with Crippen LogP contribution in [0.25, 0.3) is 0 Å². The molecule has 4 nitrogen and oxygen atoms in total. The maximum atomic E-state index is 11.8. The van der Waals surface area contributed by atoms with E-state index in [9.17, 15) is 9.59 Å². The first-order chi connectivity index (χ1) is 6.90. The molecule has 0 unspecified atom stereocenters. The summed E-state index contributed by atoms with van der Waals surface area (Å²) in [5, 5.41) is 9.14. The highest BCUT2D eigenvalue weighted by Gasteiger charge is 2.46.